The molecule has 0 amide bonds. The zero-order chi connectivity index (χ0) is 20.1. The summed E-state index contributed by atoms with van der Waals surface area (Å²) in [5.41, 5.74) is 3.75. The lowest BCUT2D eigenvalue weighted by Gasteiger charge is -2.33. The highest BCUT2D eigenvalue weighted by Crippen LogP contribution is 2.46. The molecular weight excluding hydrogens is 370 g/mol. The fourth-order valence-electron chi connectivity index (χ4n) is 4.34. The van der Waals surface area contributed by atoms with Gasteiger partial charge in [0.25, 0.3) is 0 Å². The van der Waals surface area contributed by atoms with Crippen LogP contribution < -0.4 is 10.2 Å². The number of rotatable bonds is 4. The van der Waals surface area contributed by atoms with Gasteiger partial charge in [-0.15, -0.1) is 0 Å². The van der Waals surface area contributed by atoms with Gasteiger partial charge in [0.05, 0.1) is 16.6 Å². The minimum absolute atomic E-state index is 0.145. The van der Waals surface area contributed by atoms with Crippen molar-refractivity contribution >= 4 is 34.0 Å². The van der Waals surface area contributed by atoms with Crippen LogP contribution in [0.4, 0.5) is 11.4 Å². The minimum atomic E-state index is -0.986. The highest BCUT2D eigenvalue weighted by Gasteiger charge is 2.34. The number of aromatic nitrogens is 1. The Morgan fingerprint density at radius 3 is 2.72 bits per heavy atom. The number of hydrogen-bond donors (Lipinski definition) is 2. The van der Waals surface area contributed by atoms with Crippen molar-refractivity contribution in [2.24, 2.45) is 5.92 Å². The highest BCUT2D eigenvalue weighted by atomic mass is 16.5. The van der Waals surface area contributed by atoms with E-state index in [0.29, 0.717) is 39.4 Å². The predicted molar refractivity (Wildman–Crippen MR) is 110 cm³/mol. The molecule has 0 unspecified atom stereocenters. The van der Waals surface area contributed by atoms with Crippen molar-refractivity contribution in [1.82, 2.24) is 5.16 Å². The largest absolute Gasteiger partial charge is 0.480 e. The van der Waals surface area contributed by atoms with Gasteiger partial charge in [-0.3, -0.25) is 9.59 Å². The quantitative estimate of drug-likeness (QED) is 0.547. The van der Waals surface area contributed by atoms with Crippen molar-refractivity contribution in [2.45, 2.75) is 19.8 Å². The number of ketones is 1. The molecule has 2 heterocycles. The molecule has 148 valence electrons. The Morgan fingerprint density at radius 2 is 2.00 bits per heavy atom. The van der Waals surface area contributed by atoms with Gasteiger partial charge in [0.2, 0.25) is 0 Å². The third-order valence-electron chi connectivity index (χ3n) is 5.93. The fraction of sp³-hybridized carbons (Fsp3) is 0.318. The van der Waals surface area contributed by atoms with Crippen LogP contribution in [0, 0.1) is 5.92 Å². The van der Waals surface area contributed by atoms with Gasteiger partial charge in [-0.05, 0) is 24.8 Å². The van der Waals surface area contributed by atoms with E-state index in [0.717, 1.165) is 37.2 Å². The van der Waals surface area contributed by atoms with Gasteiger partial charge in [0.1, 0.15) is 12.1 Å². The van der Waals surface area contributed by atoms with Crippen LogP contribution in [0.5, 0.6) is 0 Å². The van der Waals surface area contributed by atoms with E-state index in [1.54, 1.807) is 6.07 Å². The molecule has 1 aromatic heterocycles. The average Bonchev–Trinajstić information content (AvgIpc) is 3.16. The van der Waals surface area contributed by atoms with Crippen LogP contribution in [0.1, 0.15) is 35.7 Å². The molecule has 2 aliphatic rings. The van der Waals surface area contributed by atoms with Crippen LogP contribution in [0.15, 0.2) is 34.9 Å². The summed E-state index contributed by atoms with van der Waals surface area (Å²) in [6.45, 7) is 3.75. The van der Waals surface area contributed by atoms with Gasteiger partial charge >= 0.3 is 5.97 Å². The lowest BCUT2D eigenvalue weighted by molar-refractivity contribution is -0.134. The lowest BCUT2D eigenvalue weighted by Crippen LogP contribution is -2.33. The molecule has 1 saturated heterocycles. The van der Waals surface area contributed by atoms with Crippen molar-refractivity contribution in [3.8, 4) is 11.3 Å². The maximum Gasteiger partial charge on any atom is 0.322 e. The van der Waals surface area contributed by atoms with Crippen LogP contribution >= 0.6 is 0 Å². The lowest BCUT2D eigenvalue weighted by atomic mass is 9.86. The summed E-state index contributed by atoms with van der Waals surface area (Å²) in [5.74, 6) is 0.106. The molecular formula is C22H21N3O4. The van der Waals surface area contributed by atoms with Gasteiger partial charge in [-0.1, -0.05) is 36.3 Å². The van der Waals surface area contributed by atoms with Gasteiger partial charge in [-0.2, -0.15) is 0 Å². The number of hydrogen-bond acceptors (Lipinski definition) is 6. The second-order valence-corrected chi connectivity index (χ2v) is 7.85. The monoisotopic (exact) mass is 391 g/mol. The van der Waals surface area contributed by atoms with E-state index in [4.69, 9.17) is 9.63 Å². The number of carboxylic acid groups (broad SMARTS) is 1. The Kier molecular flexibility index (Phi) is 4.04. The molecule has 2 aromatic carbocycles. The highest BCUT2D eigenvalue weighted by molar-refractivity contribution is 6.28. The van der Waals surface area contributed by atoms with Crippen molar-refractivity contribution in [2.75, 3.05) is 29.9 Å². The van der Waals surface area contributed by atoms with E-state index >= 15 is 0 Å². The number of benzene rings is 2. The normalized spacial score (nSPS) is 16.2. The predicted octanol–water partition coefficient (Wildman–Crippen LogP) is 3.77. The smallest absolute Gasteiger partial charge is 0.322 e. The summed E-state index contributed by atoms with van der Waals surface area (Å²) in [4.78, 5) is 26.8. The zero-order valence-electron chi connectivity index (χ0n) is 16.1. The first-order valence-electron chi connectivity index (χ1n) is 9.85. The Balaban J connectivity index is 1.74. The molecule has 0 saturated carbocycles. The Morgan fingerprint density at radius 1 is 1.28 bits per heavy atom. The maximum absolute atomic E-state index is 13.3. The van der Waals surface area contributed by atoms with Crippen molar-refractivity contribution < 1.29 is 19.2 Å². The van der Waals surface area contributed by atoms with E-state index in [1.165, 1.54) is 0 Å². The van der Waals surface area contributed by atoms with Gasteiger partial charge in [0, 0.05) is 29.9 Å². The number of carbonyl (C=O) groups is 2. The number of carboxylic acids is 1. The second kappa shape index (κ2) is 6.62. The summed E-state index contributed by atoms with van der Waals surface area (Å²) < 4.78 is 5.73. The minimum Gasteiger partial charge on any atom is -0.480 e. The standard InChI is InChI=1S/C22H21N3O4/c1-12-6-8-25(9-7-12)16-10-15(23-11-17(26)27)18-19-20(16)24-29-22(19)14-5-3-2-4-13(14)21(18)28/h2-5,10,12,23H,6-9,11H2,1H3,(H,26,27). The van der Waals surface area contributed by atoms with Crippen LogP contribution in [0.3, 0.4) is 0 Å². The molecule has 0 spiro atoms. The number of fused-ring (bicyclic) bond motifs is 2. The molecule has 0 radical (unpaired) electrons. The molecule has 3 aromatic rings. The average molecular weight is 391 g/mol. The molecule has 0 atom stereocenters. The zero-order valence-corrected chi connectivity index (χ0v) is 16.1. The van der Waals surface area contributed by atoms with E-state index in [9.17, 15) is 9.59 Å². The topological polar surface area (TPSA) is 95.7 Å². The Bertz CT molecular complexity index is 1140. The van der Waals surface area contributed by atoms with Gasteiger partial charge in [-0.25, -0.2) is 0 Å². The number of carbonyl (C=O) groups excluding carboxylic acids is 1. The molecule has 1 aliphatic heterocycles. The van der Waals surface area contributed by atoms with Crippen molar-refractivity contribution in [3.05, 3.63) is 41.5 Å². The van der Waals surface area contributed by atoms with E-state index in [-0.39, 0.29) is 12.3 Å². The van der Waals surface area contributed by atoms with Gasteiger partial charge < -0.3 is 19.8 Å². The molecule has 7 nitrogen and oxygen atoms in total. The fourth-order valence-corrected chi connectivity index (χ4v) is 4.34. The van der Waals surface area contributed by atoms with Crippen molar-refractivity contribution in [1.29, 1.82) is 0 Å². The van der Waals surface area contributed by atoms with E-state index in [1.807, 2.05) is 24.3 Å². The summed E-state index contributed by atoms with van der Waals surface area (Å²) in [6, 6.07) is 9.15. The Labute approximate surface area is 167 Å². The van der Waals surface area contributed by atoms with Gasteiger partial charge in [0.15, 0.2) is 11.5 Å². The summed E-state index contributed by atoms with van der Waals surface area (Å²) in [7, 11) is 0. The van der Waals surface area contributed by atoms with Crippen LogP contribution in [-0.4, -0.2) is 41.7 Å². The number of piperidine rings is 1. The number of anilines is 2. The second-order valence-electron chi connectivity index (χ2n) is 7.85. The third kappa shape index (κ3) is 2.76. The first-order chi connectivity index (χ1) is 14.0. The first kappa shape index (κ1) is 17.7. The SMILES string of the molecule is CC1CCN(c2cc(NCC(=O)O)c3c4c(onc24)-c2ccccc2C3=O)CC1. The molecule has 2 N–H and O–H groups in total. The summed E-state index contributed by atoms with van der Waals surface area (Å²) in [5, 5.41) is 17.1. The molecule has 7 heteroatoms. The van der Waals surface area contributed by atoms with Crippen LogP contribution in [0.25, 0.3) is 22.2 Å². The number of nitrogens with zero attached hydrogens (tertiary/aromatic N) is 2. The molecule has 1 aliphatic carbocycles. The summed E-state index contributed by atoms with van der Waals surface area (Å²) >= 11 is 0. The van der Waals surface area contributed by atoms with Crippen molar-refractivity contribution in [3.63, 3.8) is 0 Å². The Hall–Kier alpha value is -3.35. The maximum atomic E-state index is 13.3. The first-order valence-corrected chi connectivity index (χ1v) is 9.85. The van der Waals surface area contributed by atoms with Crippen LogP contribution in [0.2, 0.25) is 0 Å². The summed E-state index contributed by atoms with van der Waals surface area (Å²) in [6.07, 6.45) is 2.15. The number of aliphatic carboxylic acids is 1. The molecule has 1 fully saturated rings. The molecule has 29 heavy (non-hydrogen) atoms. The van der Waals surface area contributed by atoms with Crippen LogP contribution in [-0.2, 0) is 4.79 Å². The van der Waals surface area contributed by atoms with E-state index < -0.39 is 5.97 Å². The molecule has 5 rings (SSSR count). The molecule has 0 bridgehead atoms. The third-order valence-corrected chi connectivity index (χ3v) is 5.93. The van der Waals surface area contributed by atoms with E-state index in [2.05, 4.69) is 22.3 Å². The number of nitrogens with one attached hydrogen (secondary N) is 1.